The molecule has 27 heavy (non-hydrogen) atoms. The Bertz CT molecular complexity index is 831. The van der Waals surface area contributed by atoms with E-state index in [4.69, 9.17) is 0 Å². The molecule has 2 N–H and O–H groups in total. The van der Waals surface area contributed by atoms with Crippen LogP contribution in [0.15, 0.2) is 39.9 Å². The number of rotatable bonds is 5. The maximum Gasteiger partial charge on any atom is 0.325 e. The van der Waals surface area contributed by atoms with Gasteiger partial charge < -0.3 is 4.98 Å². The molecule has 1 aliphatic rings. The third-order valence-electron chi connectivity index (χ3n) is 5.11. The van der Waals surface area contributed by atoms with Crippen LogP contribution in [0.1, 0.15) is 31.5 Å². The van der Waals surface area contributed by atoms with E-state index in [1.165, 1.54) is 18.2 Å². The minimum atomic E-state index is -0.467. The number of hydrogen-bond donors (Lipinski definition) is 2. The molecule has 0 radical (unpaired) electrons. The van der Waals surface area contributed by atoms with Crippen molar-refractivity contribution in [2.24, 2.45) is 5.92 Å². The molecular weight excluding hydrogens is 347 g/mol. The van der Waals surface area contributed by atoms with Crippen molar-refractivity contribution in [3.63, 3.8) is 0 Å². The summed E-state index contributed by atoms with van der Waals surface area (Å²) in [5, 5.41) is 0. The molecule has 2 heterocycles. The van der Waals surface area contributed by atoms with Crippen LogP contribution in [0.3, 0.4) is 0 Å². The first kappa shape index (κ1) is 19.5. The number of halogens is 1. The van der Waals surface area contributed by atoms with E-state index in [1.807, 2.05) is 12.1 Å². The number of nitrogens with zero attached hydrogens (tertiary/aromatic N) is 2. The van der Waals surface area contributed by atoms with Crippen LogP contribution in [-0.4, -0.2) is 45.4 Å². The fourth-order valence-electron chi connectivity index (χ4n) is 3.78. The van der Waals surface area contributed by atoms with Crippen molar-refractivity contribution in [3.8, 4) is 0 Å². The molecule has 1 atom stereocenters. The van der Waals surface area contributed by atoms with Crippen molar-refractivity contribution < 1.29 is 4.39 Å². The number of hydrogen-bond acceptors (Lipinski definition) is 4. The zero-order valence-corrected chi connectivity index (χ0v) is 15.9. The van der Waals surface area contributed by atoms with Crippen molar-refractivity contribution in [1.29, 1.82) is 0 Å². The second-order valence-corrected chi connectivity index (χ2v) is 7.61. The maximum atomic E-state index is 13.2. The number of benzene rings is 1. The average molecular weight is 374 g/mol. The summed E-state index contributed by atoms with van der Waals surface area (Å²) < 4.78 is 13.2. The topological polar surface area (TPSA) is 72.2 Å². The second kappa shape index (κ2) is 8.63. The molecule has 146 valence electrons. The van der Waals surface area contributed by atoms with Crippen LogP contribution < -0.4 is 11.2 Å². The van der Waals surface area contributed by atoms with Gasteiger partial charge in [-0.25, -0.2) is 9.18 Å². The van der Waals surface area contributed by atoms with E-state index in [0.29, 0.717) is 24.2 Å². The summed E-state index contributed by atoms with van der Waals surface area (Å²) in [4.78, 5) is 32.7. The average Bonchev–Trinajstić information content (AvgIpc) is 2.78. The lowest BCUT2D eigenvalue weighted by Crippen LogP contribution is -2.44. The largest absolute Gasteiger partial charge is 0.325 e. The van der Waals surface area contributed by atoms with Crippen molar-refractivity contribution in [2.75, 3.05) is 19.6 Å². The summed E-state index contributed by atoms with van der Waals surface area (Å²) >= 11 is 0. The molecule has 1 aromatic carbocycles. The molecular formula is C20H27FN4O2. The van der Waals surface area contributed by atoms with Crippen molar-refractivity contribution in [2.45, 2.75) is 39.4 Å². The first-order chi connectivity index (χ1) is 12.9. The molecule has 1 unspecified atom stereocenters. The molecule has 2 aromatic rings. The van der Waals surface area contributed by atoms with Crippen molar-refractivity contribution in [1.82, 2.24) is 19.8 Å². The highest BCUT2D eigenvalue weighted by atomic mass is 19.1. The Morgan fingerprint density at radius 3 is 2.52 bits per heavy atom. The lowest BCUT2D eigenvalue weighted by Gasteiger charge is -2.34. The van der Waals surface area contributed by atoms with Gasteiger partial charge in [-0.05, 0) is 36.6 Å². The lowest BCUT2D eigenvalue weighted by molar-refractivity contribution is 0.129. The predicted octanol–water partition coefficient (Wildman–Crippen LogP) is 1.93. The predicted molar refractivity (Wildman–Crippen MR) is 103 cm³/mol. The van der Waals surface area contributed by atoms with Gasteiger partial charge in [0.25, 0.3) is 5.56 Å². The van der Waals surface area contributed by atoms with Gasteiger partial charge in [0.2, 0.25) is 0 Å². The summed E-state index contributed by atoms with van der Waals surface area (Å²) in [6, 6.07) is 8.49. The van der Waals surface area contributed by atoms with Crippen LogP contribution in [0.5, 0.6) is 0 Å². The second-order valence-electron chi connectivity index (χ2n) is 7.61. The van der Waals surface area contributed by atoms with Gasteiger partial charge in [0.1, 0.15) is 5.82 Å². The minimum Gasteiger partial charge on any atom is -0.310 e. The van der Waals surface area contributed by atoms with Crippen LogP contribution in [0, 0.1) is 11.7 Å². The SMILES string of the molecule is CC(C)C1CN(Cc2cc(=O)[nH]c(=O)[nH]2)CCCN1Cc1ccc(F)cc1. The van der Waals surface area contributed by atoms with Gasteiger partial charge in [-0.3, -0.25) is 19.6 Å². The Kier molecular flexibility index (Phi) is 6.23. The molecule has 0 spiro atoms. The highest BCUT2D eigenvalue weighted by Gasteiger charge is 2.27. The Morgan fingerprint density at radius 2 is 1.85 bits per heavy atom. The van der Waals surface area contributed by atoms with Crippen molar-refractivity contribution >= 4 is 0 Å². The number of H-pyrrole nitrogens is 2. The monoisotopic (exact) mass is 374 g/mol. The van der Waals surface area contributed by atoms with Gasteiger partial charge in [0.05, 0.1) is 0 Å². The highest BCUT2D eigenvalue weighted by molar-refractivity contribution is 5.16. The molecule has 0 bridgehead atoms. The molecule has 1 aromatic heterocycles. The van der Waals surface area contributed by atoms with E-state index in [2.05, 4.69) is 33.6 Å². The first-order valence-corrected chi connectivity index (χ1v) is 9.44. The number of aromatic nitrogens is 2. The van der Waals surface area contributed by atoms with Gasteiger partial charge in [-0.1, -0.05) is 26.0 Å². The van der Waals surface area contributed by atoms with Crippen LogP contribution in [0.4, 0.5) is 4.39 Å². The first-order valence-electron chi connectivity index (χ1n) is 9.44. The standard InChI is InChI=1S/C20H27FN4O2/c1-14(2)18-13-24(12-17-10-19(26)23-20(27)22-17)8-3-9-25(18)11-15-4-6-16(21)7-5-15/h4-7,10,14,18H,3,8-9,11-13H2,1-2H3,(H2,22,23,26,27). The molecule has 6 nitrogen and oxygen atoms in total. The summed E-state index contributed by atoms with van der Waals surface area (Å²) in [5.41, 5.74) is 0.903. The number of aromatic amines is 2. The van der Waals surface area contributed by atoms with Gasteiger partial charge in [0, 0.05) is 44.0 Å². The highest BCUT2D eigenvalue weighted by Crippen LogP contribution is 2.21. The zero-order valence-electron chi connectivity index (χ0n) is 15.9. The van der Waals surface area contributed by atoms with E-state index >= 15 is 0 Å². The van der Waals surface area contributed by atoms with Crippen LogP contribution in [-0.2, 0) is 13.1 Å². The Balaban J connectivity index is 1.73. The van der Waals surface area contributed by atoms with Gasteiger partial charge in [0.15, 0.2) is 0 Å². The summed E-state index contributed by atoms with van der Waals surface area (Å²) in [6.07, 6.45) is 0.998. The van der Waals surface area contributed by atoms with Gasteiger partial charge in [-0.2, -0.15) is 0 Å². The molecule has 0 saturated carbocycles. The fraction of sp³-hybridized carbons (Fsp3) is 0.500. The molecule has 1 saturated heterocycles. The number of nitrogens with one attached hydrogen (secondary N) is 2. The van der Waals surface area contributed by atoms with Crippen LogP contribution in [0.2, 0.25) is 0 Å². The molecule has 7 heteroatoms. The van der Waals surface area contributed by atoms with Crippen molar-refractivity contribution in [3.05, 3.63) is 68.2 Å². The van der Waals surface area contributed by atoms with E-state index in [-0.39, 0.29) is 11.4 Å². The molecule has 0 amide bonds. The molecule has 3 rings (SSSR count). The van der Waals surface area contributed by atoms with E-state index in [0.717, 1.165) is 38.2 Å². The molecule has 1 fully saturated rings. The summed E-state index contributed by atoms with van der Waals surface area (Å²) in [6.45, 7) is 8.47. The fourth-order valence-corrected chi connectivity index (χ4v) is 3.78. The van der Waals surface area contributed by atoms with Gasteiger partial charge >= 0.3 is 5.69 Å². The molecule has 0 aliphatic carbocycles. The quantitative estimate of drug-likeness (QED) is 0.839. The lowest BCUT2D eigenvalue weighted by atomic mass is 10.0. The Labute approximate surface area is 158 Å². The minimum absolute atomic E-state index is 0.215. The van der Waals surface area contributed by atoms with Gasteiger partial charge in [-0.15, -0.1) is 0 Å². The van der Waals surface area contributed by atoms with E-state index < -0.39 is 5.69 Å². The smallest absolute Gasteiger partial charge is 0.310 e. The normalized spacial score (nSPS) is 19.3. The van der Waals surface area contributed by atoms with E-state index in [9.17, 15) is 14.0 Å². The van der Waals surface area contributed by atoms with E-state index in [1.54, 1.807) is 0 Å². The molecule has 1 aliphatic heterocycles. The summed E-state index contributed by atoms with van der Waals surface area (Å²) in [5.74, 6) is 0.234. The van der Waals surface area contributed by atoms with Crippen LogP contribution in [0.25, 0.3) is 0 Å². The third-order valence-corrected chi connectivity index (χ3v) is 5.11. The maximum absolute atomic E-state index is 13.2. The summed E-state index contributed by atoms with van der Waals surface area (Å²) in [7, 11) is 0. The Morgan fingerprint density at radius 1 is 1.11 bits per heavy atom. The zero-order chi connectivity index (χ0) is 19.4. The third kappa shape index (κ3) is 5.37. The Hall–Kier alpha value is -2.25. The van der Waals surface area contributed by atoms with Crippen LogP contribution >= 0.6 is 0 Å².